The molecule has 4 heteroatoms. The minimum Gasteiger partial charge on any atom is -0.351 e. The van der Waals surface area contributed by atoms with Gasteiger partial charge in [-0.15, -0.1) is 0 Å². The van der Waals surface area contributed by atoms with Gasteiger partial charge in [0.05, 0.1) is 12.0 Å². The zero-order valence-electron chi connectivity index (χ0n) is 4.84. The van der Waals surface area contributed by atoms with Gasteiger partial charge < -0.3 is 10.7 Å². The lowest BCUT2D eigenvalue weighted by atomic mass is 10.3. The fourth-order valence-corrected chi connectivity index (χ4v) is 0.564. The van der Waals surface area contributed by atoms with Gasteiger partial charge in [0.2, 0.25) is 0 Å². The number of alkyl halides is 1. The predicted molar refractivity (Wildman–Crippen MR) is 31.5 cm³/mol. The van der Waals surface area contributed by atoms with Crippen molar-refractivity contribution in [2.45, 2.75) is 6.17 Å². The maximum atomic E-state index is 12.5. The summed E-state index contributed by atoms with van der Waals surface area (Å²) in [5.41, 5.74) is 5.41. The first kappa shape index (κ1) is 6.22. The van der Waals surface area contributed by atoms with Crippen molar-refractivity contribution < 1.29 is 4.39 Å². The predicted octanol–water partition coefficient (Wildman–Crippen LogP) is 0.379. The molecule has 1 aromatic heterocycles. The van der Waals surface area contributed by atoms with E-state index in [2.05, 4.69) is 9.97 Å². The summed E-state index contributed by atoms with van der Waals surface area (Å²) in [6.45, 7) is -0.00907. The van der Waals surface area contributed by atoms with Crippen LogP contribution in [0.4, 0.5) is 4.39 Å². The second kappa shape index (κ2) is 2.59. The summed E-state index contributed by atoms with van der Waals surface area (Å²) >= 11 is 0. The topological polar surface area (TPSA) is 54.7 Å². The zero-order chi connectivity index (χ0) is 6.69. The van der Waals surface area contributed by atoms with Crippen LogP contribution in [-0.2, 0) is 0 Å². The van der Waals surface area contributed by atoms with Crippen molar-refractivity contribution in [2.24, 2.45) is 5.73 Å². The largest absolute Gasteiger partial charge is 0.351 e. The van der Waals surface area contributed by atoms with Crippen LogP contribution in [0.25, 0.3) is 0 Å². The molecule has 0 aliphatic heterocycles. The lowest BCUT2D eigenvalue weighted by molar-refractivity contribution is 0.346. The van der Waals surface area contributed by atoms with Crippen molar-refractivity contribution in [1.82, 2.24) is 9.97 Å². The third-order valence-electron chi connectivity index (χ3n) is 1.05. The zero-order valence-corrected chi connectivity index (χ0v) is 4.84. The molecule has 9 heavy (non-hydrogen) atoms. The lowest BCUT2D eigenvalue weighted by Gasteiger charge is -1.96. The number of aromatic nitrogens is 2. The molecule has 0 aliphatic carbocycles. The van der Waals surface area contributed by atoms with Crippen LogP contribution >= 0.6 is 0 Å². The highest BCUT2D eigenvalue weighted by atomic mass is 19.1. The van der Waals surface area contributed by atoms with Crippen LogP contribution in [0.5, 0.6) is 0 Å². The van der Waals surface area contributed by atoms with Crippen molar-refractivity contribution in [3.8, 4) is 0 Å². The van der Waals surface area contributed by atoms with Gasteiger partial charge in [0.15, 0.2) is 6.17 Å². The van der Waals surface area contributed by atoms with E-state index in [0.29, 0.717) is 5.69 Å². The molecule has 1 unspecified atom stereocenters. The first-order chi connectivity index (χ1) is 4.34. The third-order valence-corrected chi connectivity index (χ3v) is 1.05. The van der Waals surface area contributed by atoms with Gasteiger partial charge in [0.1, 0.15) is 0 Å². The number of imidazole rings is 1. The standard InChI is InChI=1S/C5H8FN3/c6-4(1-7)5-2-8-3-9-5/h2-4H,1,7H2,(H,8,9). The SMILES string of the molecule is NCC(F)c1c[nH]cn1. The monoisotopic (exact) mass is 129 g/mol. The Labute approximate surface area is 52.1 Å². The van der Waals surface area contributed by atoms with E-state index in [4.69, 9.17) is 5.73 Å². The highest BCUT2D eigenvalue weighted by molar-refractivity contribution is 4.99. The Morgan fingerprint density at radius 3 is 3.11 bits per heavy atom. The Kier molecular flexibility index (Phi) is 1.79. The summed E-state index contributed by atoms with van der Waals surface area (Å²) in [6.07, 6.45) is 1.80. The summed E-state index contributed by atoms with van der Waals surface area (Å²) in [6, 6.07) is 0. The van der Waals surface area contributed by atoms with Crippen molar-refractivity contribution in [1.29, 1.82) is 0 Å². The fourth-order valence-electron chi connectivity index (χ4n) is 0.564. The van der Waals surface area contributed by atoms with Gasteiger partial charge in [-0.2, -0.15) is 0 Å². The summed E-state index contributed by atoms with van der Waals surface area (Å²) in [5.74, 6) is 0. The average Bonchev–Trinajstić information content (AvgIpc) is 2.37. The van der Waals surface area contributed by atoms with Crippen LogP contribution < -0.4 is 5.73 Å². The maximum Gasteiger partial charge on any atom is 0.156 e. The Hall–Kier alpha value is -0.900. The van der Waals surface area contributed by atoms with Gasteiger partial charge in [-0.3, -0.25) is 0 Å². The minimum atomic E-state index is -1.13. The Balaban J connectivity index is 2.65. The Morgan fingerprint density at radius 2 is 2.67 bits per heavy atom. The van der Waals surface area contributed by atoms with Crippen molar-refractivity contribution >= 4 is 0 Å². The van der Waals surface area contributed by atoms with Gasteiger partial charge in [0, 0.05) is 12.7 Å². The van der Waals surface area contributed by atoms with Gasteiger partial charge in [-0.1, -0.05) is 0 Å². The van der Waals surface area contributed by atoms with E-state index in [0.717, 1.165) is 0 Å². The third kappa shape index (κ3) is 1.26. The lowest BCUT2D eigenvalue weighted by Crippen LogP contribution is -2.07. The Morgan fingerprint density at radius 1 is 1.89 bits per heavy atom. The van der Waals surface area contributed by atoms with Crippen molar-refractivity contribution in [3.63, 3.8) is 0 Å². The number of rotatable bonds is 2. The van der Waals surface area contributed by atoms with E-state index < -0.39 is 6.17 Å². The molecule has 1 rings (SSSR count). The molecule has 3 nitrogen and oxygen atoms in total. The molecule has 0 saturated carbocycles. The molecule has 0 saturated heterocycles. The molecule has 0 bridgehead atoms. The van der Waals surface area contributed by atoms with E-state index in [1.165, 1.54) is 12.5 Å². The number of H-pyrrole nitrogens is 1. The first-order valence-electron chi connectivity index (χ1n) is 2.67. The Bertz CT molecular complexity index is 161. The highest BCUT2D eigenvalue weighted by Crippen LogP contribution is 2.10. The van der Waals surface area contributed by atoms with Crippen LogP contribution in [0.2, 0.25) is 0 Å². The number of halogens is 1. The van der Waals surface area contributed by atoms with E-state index >= 15 is 0 Å². The maximum absolute atomic E-state index is 12.5. The molecule has 0 aliphatic rings. The van der Waals surface area contributed by atoms with Crippen LogP contribution in [0.3, 0.4) is 0 Å². The quantitative estimate of drug-likeness (QED) is 0.606. The van der Waals surface area contributed by atoms with Gasteiger partial charge >= 0.3 is 0 Å². The van der Waals surface area contributed by atoms with Crippen LogP contribution in [0.15, 0.2) is 12.5 Å². The second-order valence-corrected chi connectivity index (χ2v) is 1.70. The molecule has 0 fully saturated rings. The minimum absolute atomic E-state index is 0.00907. The molecule has 0 aromatic carbocycles. The van der Waals surface area contributed by atoms with Crippen molar-refractivity contribution in [3.05, 3.63) is 18.2 Å². The first-order valence-corrected chi connectivity index (χ1v) is 2.67. The van der Waals surface area contributed by atoms with Crippen molar-refractivity contribution in [2.75, 3.05) is 6.54 Å². The van der Waals surface area contributed by atoms with Gasteiger partial charge in [-0.05, 0) is 0 Å². The molecule has 1 heterocycles. The van der Waals surface area contributed by atoms with E-state index in [1.807, 2.05) is 0 Å². The van der Waals surface area contributed by atoms with Crippen LogP contribution in [0, 0.1) is 0 Å². The molecule has 3 N–H and O–H groups in total. The molecule has 0 spiro atoms. The molecular formula is C5H8FN3. The second-order valence-electron chi connectivity index (χ2n) is 1.70. The van der Waals surface area contributed by atoms with Gasteiger partial charge in [-0.25, -0.2) is 9.37 Å². The smallest absolute Gasteiger partial charge is 0.156 e. The van der Waals surface area contributed by atoms with Crippen LogP contribution in [-0.4, -0.2) is 16.5 Å². The molecule has 1 aromatic rings. The number of hydrogen-bond donors (Lipinski definition) is 2. The van der Waals surface area contributed by atoms with E-state index in [1.54, 1.807) is 0 Å². The molecule has 0 radical (unpaired) electrons. The summed E-state index contributed by atoms with van der Waals surface area (Å²) in [7, 11) is 0. The summed E-state index contributed by atoms with van der Waals surface area (Å²) in [5, 5.41) is 0. The molecule has 0 amide bonds. The molecule has 50 valence electrons. The van der Waals surface area contributed by atoms with E-state index in [-0.39, 0.29) is 6.54 Å². The normalized spacial score (nSPS) is 13.6. The fraction of sp³-hybridized carbons (Fsp3) is 0.400. The average molecular weight is 129 g/mol. The van der Waals surface area contributed by atoms with Crippen LogP contribution in [0.1, 0.15) is 11.9 Å². The number of aromatic amines is 1. The number of hydrogen-bond acceptors (Lipinski definition) is 2. The number of nitrogens with zero attached hydrogens (tertiary/aromatic N) is 1. The number of nitrogens with one attached hydrogen (secondary N) is 1. The highest BCUT2D eigenvalue weighted by Gasteiger charge is 2.07. The van der Waals surface area contributed by atoms with E-state index in [9.17, 15) is 4.39 Å². The molecular weight excluding hydrogens is 121 g/mol. The summed E-state index contributed by atoms with van der Waals surface area (Å²) < 4.78 is 12.5. The van der Waals surface area contributed by atoms with Gasteiger partial charge in [0.25, 0.3) is 0 Å². The number of nitrogens with two attached hydrogens (primary N) is 1. The molecule has 1 atom stereocenters. The summed E-state index contributed by atoms with van der Waals surface area (Å²) in [4.78, 5) is 6.31.